The van der Waals surface area contributed by atoms with Crippen LogP contribution < -0.4 is 32.7 Å². The quantitative estimate of drug-likeness (QED) is 0.0686. The maximum atomic E-state index is 12.6. The lowest BCUT2D eigenvalue weighted by Gasteiger charge is -2.23. The highest BCUT2D eigenvalue weighted by Gasteiger charge is 2.29. The Labute approximate surface area is 174 Å². The first-order valence-corrected chi connectivity index (χ1v) is 9.87. The number of carbonyl (C=O) groups excluding carboxylic acids is 3. The zero-order valence-corrected chi connectivity index (χ0v) is 16.9. The molecule has 3 amide bonds. The van der Waals surface area contributed by atoms with Crippen molar-refractivity contribution in [3.05, 3.63) is 0 Å². The van der Waals surface area contributed by atoms with E-state index in [1.807, 2.05) is 0 Å². The maximum Gasteiger partial charge on any atom is 0.322 e. The first-order chi connectivity index (χ1) is 13.7. The lowest BCUT2D eigenvalue weighted by molar-refractivity contribution is -0.138. The third-order valence-corrected chi connectivity index (χ3v) is 4.55. The Bertz CT molecular complexity index is 621. The number of hydrogen-bond donors (Lipinski definition) is 8. The Hall–Kier alpha value is -2.54. The van der Waals surface area contributed by atoms with Crippen LogP contribution in [0.5, 0.6) is 0 Å². The van der Waals surface area contributed by atoms with Crippen molar-refractivity contribution in [2.75, 3.05) is 25.4 Å². The van der Waals surface area contributed by atoms with Crippen LogP contribution in [0.1, 0.15) is 25.7 Å². The van der Waals surface area contributed by atoms with Gasteiger partial charge in [0.2, 0.25) is 17.7 Å². The number of guanidine groups is 1. The number of carbonyl (C=O) groups is 4. The van der Waals surface area contributed by atoms with Gasteiger partial charge < -0.3 is 37.8 Å². The highest BCUT2D eigenvalue weighted by Crippen LogP contribution is 2.06. The summed E-state index contributed by atoms with van der Waals surface area (Å²) in [6.45, 7) is 0.387. The van der Waals surface area contributed by atoms with Crippen LogP contribution in [0.2, 0.25) is 0 Å². The molecular formula is C16H29N7O5S. The molecule has 13 heteroatoms. The predicted octanol–water partition coefficient (Wildman–Crippen LogP) is -3.11. The zero-order valence-electron chi connectivity index (χ0n) is 16.0. The average Bonchev–Trinajstić information content (AvgIpc) is 3.20. The van der Waals surface area contributed by atoms with Crippen molar-refractivity contribution >= 4 is 42.3 Å². The summed E-state index contributed by atoms with van der Waals surface area (Å²) < 4.78 is 0. The number of thiol groups is 1. The van der Waals surface area contributed by atoms with Crippen LogP contribution in [0.3, 0.4) is 0 Å². The standard InChI is InChI=1S/C16H29N7O5S/c17-16(18)20-6-2-4-10(13(26)21-7-12(24)25)22-15(28)11(8-29)23-14(27)9-3-1-5-19-9/h9-11,19,29H,1-8H2,(H,21,26)(H,22,28)(H,23,27)(H,24,25)(H4,17,18,20). The Balaban J connectivity index is 2.69. The second kappa shape index (κ2) is 12.8. The van der Waals surface area contributed by atoms with Crippen molar-refractivity contribution in [2.45, 2.75) is 43.8 Å². The fourth-order valence-electron chi connectivity index (χ4n) is 2.71. The van der Waals surface area contributed by atoms with Crippen LogP contribution in [0.4, 0.5) is 0 Å². The Morgan fingerprint density at radius 3 is 2.45 bits per heavy atom. The van der Waals surface area contributed by atoms with E-state index in [9.17, 15) is 19.2 Å². The van der Waals surface area contributed by atoms with Gasteiger partial charge in [0.05, 0.1) is 6.04 Å². The predicted molar refractivity (Wildman–Crippen MR) is 109 cm³/mol. The minimum Gasteiger partial charge on any atom is -0.480 e. The first-order valence-electron chi connectivity index (χ1n) is 9.24. The second-order valence-electron chi connectivity index (χ2n) is 6.51. The summed E-state index contributed by atoms with van der Waals surface area (Å²) >= 11 is 4.10. The average molecular weight is 432 g/mol. The maximum absolute atomic E-state index is 12.6. The molecule has 1 aliphatic heterocycles. The number of aliphatic imine (C=N–C) groups is 1. The molecule has 12 nitrogen and oxygen atoms in total. The molecule has 1 aliphatic rings. The number of hydrogen-bond acceptors (Lipinski definition) is 7. The summed E-state index contributed by atoms with van der Waals surface area (Å²) in [7, 11) is 0. The molecule has 1 heterocycles. The highest BCUT2D eigenvalue weighted by atomic mass is 32.1. The monoisotopic (exact) mass is 431 g/mol. The lowest BCUT2D eigenvalue weighted by atomic mass is 10.1. The molecule has 29 heavy (non-hydrogen) atoms. The van der Waals surface area contributed by atoms with Crippen LogP contribution in [-0.2, 0) is 19.2 Å². The van der Waals surface area contributed by atoms with Gasteiger partial charge >= 0.3 is 5.97 Å². The second-order valence-corrected chi connectivity index (χ2v) is 6.88. The van der Waals surface area contributed by atoms with E-state index in [0.717, 1.165) is 13.0 Å². The number of nitrogens with two attached hydrogens (primary N) is 2. The summed E-state index contributed by atoms with van der Waals surface area (Å²) in [5.74, 6) is -2.85. The topological polar surface area (TPSA) is 201 Å². The Kier molecular flexibility index (Phi) is 10.8. The van der Waals surface area contributed by atoms with Gasteiger partial charge in [0, 0.05) is 12.3 Å². The number of aliphatic carboxylic acids is 1. The number of carboxylic acids is 1. The van der Waals surface area contributed by atoms with E-state index in [1.165, 1.54) is 0 Å². The molecule has 1 fully saturated rings. The molecule has 0 aliphatic carbocycles. The van der Waals surface area contributed by atoms with E-state index in [-0.39, 0.29) is 36.6 Å². The summed E-state index contributed by atoms with van der Waals surface area (Å²) in [4.78, 5) is 51.5. The SMILES string of the molecule is NC(N)=NCCCC(NC(=O)C(CS)NC(=O)C1CCCN1)C(=O)NCC(=O)O. The molecule has 0 aromatic rings. The molecule has 164 valence electrons. The van der Waals surface area contributed by atoms with Gasteiger partial charge in [0.25, 0.3) is 0 Å². The van der Waals surface area contributed by atoms with E-state index in [1.54, 1.807) is 0 Å². The van der Waals surface area contributed by atoms with Gasteiger partial charge in [0.15, 0.2) is 5.96 Å². The van der Waals surface area contributed by atoms with Crippen LogP contribution in [0.25, 0.3) is 0 Å². The smallest absolute Gasteiger partial charge is 0.322 e. The first kappa shape index (κ1) is 24.5. The van der Waals surface area contributed by atoms with E-state index in [4.69, 9.17) is 16.6 Å². The van der Waals surface area contributed by atoms with Crippen LogP contribution in [0, 0.1) is 0 Å². The van der Waals surface area contributed by atoms with Gasteiger partial charge in [-0.05, 0) is 32.2 Å². The van der Waals surface area contributed by atoms with Gasteiger partial charge in [-0.3, -0.25) is 24.2 Å². The summed E-state index contributed by atoms with van der Waals surface area (Å²) in [6, 6.07) is -2.32. The molecule has 0 bridgehead atoms. The molecule has 0 saturated carbocycles. The molecule has 3 atom stereocenters. The van der Waals surface area contributed by atoms with Crippen molar-refractivity contribution in [1.82, 2.24) is 21.3 Å². The van der Waals surface area contributed by atoms with Crippen molar-refractivity contribution in [1.29, 1.82) is 0 Å². The molecule has 9 N–H and O–H groups in total. The van der Waals surface area contributed by atoms with Gasteiger partial charge in [-0.2, -0.15) is 12.6 Å². The highest BCUT2D eigenvalue weighted by molar-refractivity contribution is 7.80. The van der Waals surface area contributed by atoms with Gasteiger partial charge in [0.1, 0.15) is 18.6 Å². The summed E-state index contributed by atoms with van der Waals surface area (Å²) in [6.07, 6.45) is 2.09. The number of nitrogens with one attached hydrogen (secondary N) is 4. The number of carboxylic acid groups (broad SMARTS) is 1. The molecule has 1 saturated heterocycles. The third kappa shape index (κ3) is 9.47. The zero-order chi connectivity index (χ0) is 21.8. The summed E-state index contributed by atoms with van der Waals surface area (Å²) in [5, 5.41) is 19.1. The molecule has 0 radical (unpaired) electrons. The molecule has 3 unspecified atom stereocenters. The normalized spacial score (nSPS) is 17.6. The molecular weight excluding hydrogens is 402 g/mol. The number of rotatable bonds is 12. The summed E-state index contributed by atoms with van der Waals surface area (Å²) in [5.41, 5.74) is 10.5. The van der Waals surface area contributed by atoms with Gasteiger partial charge in [-0.15, -0.1) is 0 Å². The lowest BCUT2D eigenvalue weighted by Crippen LogP contribution is -2.56. The minimum atomic E-state index is -1.21. The van der Waals surface area contributed by atoms with Crippen LogP contribution in [0.15, 0.2) is 4.99 Å². The third-order valence-electron chi connectivity index (χ3n) is 4.18. The Morgan fingerprint density at radius 2 is 1.90 bits per heavy atom. The largest absolute Gasteiger partial charge is 0.480 e. The van der Waals surface area contributed by atoms with E-state index < -0.39 is 36.4 Å². The van der Waals surface area contributed by atoms with Crippen molar-refractivity contribution < 1.29 is 24.3 Å². The molecule has 0 aromatic heterocycles. The minimum absolute atomic E-state index is 0.0295. The van der Waals surface area contributed by atoms with Crippen molar-refractivity contribution in [2.24, 2.45) is 16.5 Å². The van der Waals surface area contributed by atoms with Crippen molar-refractivity contribution in [3.8, 4) is 0 Å². The van der Waals surface area contributed by atoms with Gasteiger partial charge in [-0.1, -0.05) is 0 Å². The van der Waals surface area contributed by atoms with E-state index in [2.05, 4.69) is 38.9 Å². The van der Waals surface area contributed by atoms with E-state index in [0.29, 0.717) is 12.8 Å². The van der Waals surface area contributed by atoms with Gasteiger partial charge in [-0.25, -0.2) is 0 Å². The molecule has 0 spiro atoms. The van der Waals surface area contributed by atoms with Crippen molar-refractivity contribution in [3.63, 3.8) is 0 Å². The Morgan fingerprint density at radius 1 is 1.17 bits per heavy atom. The fourth-order valence-corrected chi connectivity index (χ4v) is 2.96. The molecule has 1 rings (SSSR count). The number of nitrogens with zero attached hydrogens (tertiary/aromatic N) is 1. The fraction of sp³-hybridized carbons (Fsp3) is 0.688. The number of amides is 3. The van der Waals surface area contributed by atoms with Crippen LogP contribution >= 0.6 is 12.6 Å². The molecule has 0 aromatic carbocycles. The van der Waals surface area contributed by atoms with E-state index >= 15 is 0 Å². The van der Waals surface area contributed by atoms with Crippen LogP contribution in [-0.4, -0.2) is 78.3 Å².